The van der Waals surface area contributed by atoms with Gasteiger partial charge in [0.05, 0.1) is 23.7 Å². The Bertz CT molecular complexity index is 691. The van der Waals surface area contributed by atoms with Crippen LogP contribution in [-0.4, -0.2) is 33.8 Å². The number of carboxylic acids is 1. The van der Waals surface area contributed by atoms with Crippen LogP contribution < -0.4 is 0 Å². The molecule has 1 unspecified atom stereocenters. The van der Waals surface area contributed by atoms with Crippen molar-refractivity contribution in [3.8, 4) is 0 Å². The first-order valence-electron chi connectivity index (χ1n) is 7.22. The number of carboxylic acid groups (broad SMARTS) is 1. The molecule has 1 aliphatic heterocycles. The fourth-order valence-corrected chi connectivity index (χ4v) is 2.91. The molecule has 21 heavy (non-hydrogen) atoms. The molecule has 1 aliphatic rings. The average Bonchev–Trinajstić information content (AvgIpc) is 3.03. The third-order valence-corrected chi connectivity index (χ3v) is 3.89. The number of hydrogen-bond donors (Lipinski definition) is 1. The van der Waals surface area contributed by atoms with E-state index < -0.39 is 5.97 Å². The third-order valence-electron chi connectivity index (χ3n) is 3.89. The Labute approximate surface area is 123 Å². The van der Waals surface area contributed by atoms with Gasteiger partial charge in [-0.1, -0.05) is 26.8 Å². The topological polar surface area (TPSA) is 64.3 Å². The van der Waals surface area contributed by atoms with Crippen molar-refractivity contribution in [3.05, 3.63) is 29.6 Å². The number of fused-ring (bicyclic) bond motifs is 1. The van der Waals surface area contributed by atoms with Gasteiger partial charge in [-0.2, -0.15) is 0 Å². The summed E-state index contributed by atoms with van der Waals surface area (Å²) in [7, 11) is 0. The molecule has 0 radical (unpaired) electrons. The molecule has 0 aliphatic carbocycles. The normalized spacial score (nSPS) is 19.3. The lowest BCUT2D eigenvalue weighted by Gasteiger charge is -2.23. The van der Waals surface area contributed by atoms with Gasteiger partial charge in [-0.25, -0.2) is 9.78 Å². The predicted molar refractivity (Wildman–Crippen MR) is 79.9 cm³/mol. The number of aromatic carboxylic acids is 1. The summed E-state index contributed by atoms with van der Waals surface area (Å²) in [6.45, 7) is 7.70. The standard InChI is InChI=1S/C16H20N2O3/c1-16(2,3)15-17-13-11(14(19)20)5-4-6-12(13)18(15)10-7-8-21-9-10/h4-6,10H,7-9H2,1-3H3,(H,19,20). The summed E-state index contributed by atoms with van der Waals surface area (Å²) in [6.07, 6.45) is 0.936. The van der Waals surface area contributed by atoms with E-state index in [-0.39, 0.29) is 17.0 Å². The van der Waals surface area contributed by atoms with Gasteiger partial charge in [0.15, 0.2) is 0 Å². The van der Waals surface area contributed by atoms with Gasteiger partial charge in [0.25, 0.3) is 0 Å². The third kappa shape index (κ3) is 2.31. The molecule has 2 heterocycles. The lowest BCUT2D eigenvalue weighted by molar-refractivity contribution is 0.0699. The molecule has 2 aromatic rings. The summed E-state index contributed by atoms with van der Waals surface area (Å²) >= 11 is 0. The zero-order valence-corrected chi connectivity index (χ0v) is 12.6. The van der Waals surface area contributed by atoms with Crippen molar-refractivity contribution in [2.45, 2.75) is 38.6 Å². The van der Waals surface area contributed by atoms with E-state index in [9.17, 15) is 9.90 Å². The molecule has 3 rings (SSSR count). The van der Waals surface area contributed by atoms with Crippen LogP contribution in [0.2, 0.25) is 0 Å². The van der Waals surface area contributed by atoms with Gasteiger partial charge in [0, 0.05) is 12.0 Å². The highest BCUT2D eigenvalue weighted by atomic mass is 16.5. The van der Waals surface area contributed by atoms with E-state index in [2.05, 4.69) is 30.3 Å². The first-order valence-corrected chi connectivity index (χ1v) is 7.22. The maximum absolute atomic E-state index is 11.4. The van der Waals surface area contributed by atoms with Gasteiger partial charge in [-0.15, -0.1) is 0 Å². The Morgan fingerprint density at radius 1 is 1.43 bits per heavy atom. The van der Waals surface area contributed by atoms with Crippen LogP contribution in [0.15, 0.2) is 18.2 Å². The van der Waals surface area contributed by atoms with Crippen LogP contribution in [-0.2, 0) is 10.2 Å². The highest BCUT2D eigenvalue weighted by Crippen LogP contribution is 2.33. The fourth-order valence-electron chi connectivity index (χ4n) is 2.91. The number of aromatic nitrogens is 2. The Kier molecular flexibility index (Phi) is 3.24. The van der Waals surface area contributed by atoms with Crippen LogP contribution in [0.25, 0.3) is 11.0 Å². The molecule has 112 valence electrons. The second-order valence-electron chi connectivity index (χ2n) is 6.55. The highest BCUT2D eigenvalue weighted by Gasteiger charge is 2.30. The smallest absolute Gasteiger partial charge is 0.337 e. The molecule has 1 atom stereocenters. The number of nitrogens with zero attached hydrogens (tertiary/aromatic N) is 2. The lowest BCUT2D eigenvalue weighted by Crippen LogP contribution is -2.22. The number of hydrogen-bond acceptors (Lipinski definition) is 3. The number of benzene rings is 1. The zero-order valence-electron chi connectivity index (χ0n) is 12.6. The minimum atomic E-state index is -0.937. The molecule has 0 bridgehead atoms. The molecule has 1 saturated heterocycles. The van der Waals surface area contributed by atoms with Crippen molar-refractivity contribution in [2.75, 3.05) is 13.2 Å². The summed E-state index contributed by atoms with van der Waals surface area (Å²) < 4.78 is 7.69. The Morgan fingerprint density at radius 2 is 2.19 bits per heavy atom. The van der Waals surface area contributed by atoms with Crippen LogP contribution in [0, 0.1) is 0 Å². The highest BCUT2D eigenvalue weighted by molar-refractivity contribution is 6.01. The van der Waals surface area contributed by atoms with Crippen molar-refractivity contribution in [1.29, 1.82) is 0 Å². The van der Waals surface area contributed by atoms with Crippen molar-refractivity contribution >= 4 is 17.0 Å². The summed E-state index contributed by atoms with van der Waals surface area (Å²) in [5.41, 5.74) is 1.56. The van der Waals surface area contributed by atoms with E-state index in [4.69, 9.17) is 4.74 Å². The molecule has 1 aromatic carbocycles. The SMILES string of the molecule is CC(C)(C)c1nc2c(C(=O)O)cccc2n1C1CCOC1. The van der Waals surface area contributed by atoms with Crippen LogP contribution >= 0.6 is 0 Å². The lowest BCUT2D eigenvalue weighted by atomic mass is 9.95. The van der Waals surface area contributed by atoms with Crippen molar-refractivity contribution in [3.63, 3.8) is 0 Å². The molecule has 1 aromatic heterocycles. The maximum atomic E-state index is 11.4. The largest absolute Gasteiger partial charge is 0.478 e. The predicted octanol–water partition coefficient (Wildman–Crippen LogP) is 2.99. The molecule has 0 spiro atoms. The second kappa shape index (κ2) is 4.84. The molecule has 5 nitrogen and oxygen atoms in total. The van der Waals surface area contributed by atoms with Crippen LogP contribution in [0.4, 0.5) is 0 Å². The number of imidazole rings is 1. The van der Waals surface area contributed by atoms with E-state index in [1.54, 1.807) is 12.1 Å². The summed E-state index contributed by atoms with van der Waals surface area (Å²) in [5.74, 6) is -0.0184. The summed E-state index contributed by atoms with van der Waals surface area (Å²) in [4.78, 5) is 16.1. The minimum absolute atomic E-state index is 0.155. The van der Waals surface area contributed by atoms with Gasteiger partial charge >= 0.3 is 5.97 Å². The Hall–Kier alpha value is -1.88. The number of rotatable bonds is 2. The first-order chi connectivity index (χ1) is 9.89. The van der Waals surface area contributed by atoms with Gasteiger partial charge in [0.2, 0.25) is 0 Å². The van der Waals surface area contributed by atoms with Crippen molar-refractivity contribution in [1.82, 2.24) is 9.55 Å². The van der Waals surface area contributed by atoms with Crippen LogP contribution in [0.5, 0.6) is 0 Å². The van der Waals surface area contributed by atoms with Gasteiger partial charge in [-0.05, 0) is 18.6 Å². The Morgan fingerprint density at radius 3 is 2.76 bits per heavy atom. The quantitative estimate of drug-likeness (QED) is 0.922. The van der Waals surface area contributed by atoms with E-state index >= 15 is 0 Å². The Balaban J connectivity index is 2.31. The minimum Gasteiger partial charge on any atom is -0.478 e. The molecule has 0 amide bonds. The first kappa shape index (κ1) is 14.1. The zero-order chi connectivity index (χ0) is 15.2. The van der Waals surface area contributed by atoms with E-state index in [0.717, 1.165) is 24.4 Å². The van der Waals surface area contributed by atoms with E-state index in [1.165, 1.54) is 0 Å². The van der Waals surface area contributed by atoms with Gasteiger partial charge < -0.3 is 14.4 Å². The summed E-state index contributed by atoms with van der Waals surface area (Å²) in [6, 6.07) is 5.57. The van der Waals surface area contributed by atoms with E-state index in [1.807, 2.05) is 6.07 Å². The van der Waals surface area contributed by atoms with Gasteiger partial charge in [-0.3, -0.25) is 0 Å². The molecule has 1 N–H and O–H groups in total. The van der Waals surface area contributed by atoms with E-state index in [0.29, 0.717) is 12.1 Å². The molecule has 0 saturated carbocycles. The summed E-state index contributed by atoms with van der Waals surface area (Å²) in [5, 5.41) is 9.38. The van der Waals surface area contributed by atoms with Gasteiger partial charge in [0.1, 0.15) is 11.3 Å². The maximum Gasteiger partial charge on any atom is 0.337 e. The number of ether oxygens (including phenoxy) is 1. The number of carbonyl (C=O) groups is 1. The molecular weight excluding hydrogens is 268 g/mol. The monoisotopic (exact) mass is 288 g/mol. The molecule has 5 heteroatoms. The van der Waals surface area contributed by atoms with Crippen molar-refractivity contribution in [2.24, 2.45) is 0 Å². The number of para-hydroxylation sites is 1. The van der Waals surface area contributed by atoms with Crippen molar-refractivity contribution < 1.29 is 14.6 Å². The van der Waals surface area contributed by atoms with Crippen LogP contribution in [0.1, 0.15) is 49.4 Å². The fraction of sp³-hybridized carbons (Fsp3) is 0.500. The molecular formula is C16H20N2O3. The second-order valence-corrected chi connectivity index (χ2v) is 6.55. The molecule has 1 fully saturated rings. The van der Waals surface area contributed by atoms with Crippen LogP contribution in [0.3, 0.4) is 0 Å². The average molecular weight is 288 g/mol.